The average molecular weight is 443 g/mol. The minimum Gasteiger partial charge on any atom is -0.468 e. The van der Waals surface area contributed by atoms with E-state index >= 15 is 0 Å². The molecule has 1 aliphatic carbocycles. The van der Waals surface area contributed by atoms with Crippen LogP contribution in [0.15, 0.2) is 75.9 Å². The van der Waals surface area contributed by atoms with Crippen LogP contribution >= 0.6 is 0 Å². The van der Waals surface area contributed by atoms with E-state index < -0.39 is 0 Å². The second-order valence-electron chi connectivity index (χ2n) is 8.55. The summed E-state index contributed by atoms with van der Waals surface area (Å²) in [5.41, 5.74) is 3.85. The second-order valence-corrected chi connectivity index (χ2v) is 8.55. The van der Waals surface area contributed by atoms with Gasteiger partial charge in [0.05, 0.1) is 19.4 Å². The highest BCUT2D eigenvalue weighted by atomic mass is 16.5. The van der Waals surface area contributed by atoms with Gasteiger partial charge in [-0.3, -0.25) is 9.69 Å². The molecule has 1 amide bonds. The predicted octanol–water partition coefficient (Wildman–Crippen LogP) is 4.73. The van der Waals surface area contributed by atoms with E-state index in [0.717, 1.165) is 35.3 Å². The lowest BCUT2D eigenvalue weighted by molar-refractivity contribution is 0.0951. The van der Waals surface area contributed by atoms with E-state index in [1.807, 2.05) is 67.6 Å². The molecular weight excluding hydrogens is 416 g/mol. The smallest absolute Gasteiger partial charge is 0.251 e. The maximum absolute atomic E-state index is 12.3. The lowest BCUT2D eigenvalue weighted by Gasteiger charge is -2.19. The molecule has 1 saturated carbocycles. The Hall–Kier alpha value is -3.71. The van der Waals surface area contributed by atoms with E-state index in [1.54, 1.807) is 6.26 Å². The van der Waals surface area contributed by atoms with Crippen molar-refractivity contribution < 1.29 is 13.7 Å². The van der Waals surface area contributed by atoms with Crippen LogP contribution in [-0.4, -0.2) is 27.0 Å². The van der Waals surface area contributed by atoms with Crippen molar-refractivity contribution in [2.75, 3.05) is 0 Å². The number of carbonyl (C=O) groups excluding carboxylic acids is 1. The number of furan rings is 1. The van der Waals surface area contributed by atoms with Gasteiger partial charge in [-0.05, 0) is 55.7 Å². The van der Waals surface area contributed by atoms with Crippen LogP contribution in [0.25, 0.3) is 11.4 Å². The van der Waals surface area contributed by atoms with E-state index in [4.69, 9.17) is 8.94 Å². The van der Waals surface area contributed by atoms with Gasteiger partial charge in [-0.2, -0.15) is 4.98 Å². The van der Waals surface area contributed by atoms with Crippen molar-refractivity contribution in [2.24, 2.45) is 0 Å². The van der Waals surface area contributed by atoms with Gasteiger partial charge in [0.2, 0.25) is 11.7 Å². The van der Waals surface area contributed by atoms with E-state index in [1.165, 1.54) is 0 Å². The molecule has 168 valence electrons. The molecule has 7 nitrogen and oxygen atoms in total. The molecule has 0 atom stereocenters. The summed E-state index contributed by atoms with van der Waals surface area (Å²) in [5.74, 6) is 1.97. The number of hydrogen-bond acceptors (Lipinski definition) is 6. The summed E-state index contributed by atoms with van der Waals surface area (Å²) >= 11 is 0. The van der Waals surface area contributed by atoms with Crippen LogP contribution in [0.5, 0.6) is 0 Å². The number of carbonyl (C=O) groups is 1. The largest absolute Gasteiger partial charge is 0.468 e. The van der Waals surface area contributed by atoms with Gasteiger partial charge < -0.3 is 14.3 Å². The quantitative estimate of drug-likeness (QED) is 0.403. The van der Waals surface area contributed by atoms with Gasteiger partial charge in [0.1, 0.15) is 5.76 Å². The third kappa shape index (κ3) is 5.56. The maximum atomic E-state index is 12.3. The van der Waals surface area contributed by atoms with Gasteiger partial charge >= 0.3 is 0 Å². The van der Waals surface area contributed by atoms with E-state index in [-0.39, 0.29) is 5.91 Å². The highest BCUT2D eigenvalue weighted by Gasteiger charge is 2.23. The standard InChI is InChI=1S/C26H26N4O3/c1-18-4-2-5-21(14-18)25-28-24(33-29-25)17-30(16-23-6-3-13-32-23)15-19-7-9-20(10-8-19)26(31)27-22-11-12-22/h2-10,13-14,22H,11-12,15-17H2,1H3,(H,27,31). The fourth-order valence-corrected chi connectivity index (χ4v) is 3.72. The van der Waals surface area contributed by atoms with Crippen molar-refractivity contribution in [3.63, 3.8) is 0 Å². The van der Waals surface area contributed by atoms with Crippen LogP contribution in [0, 0.1) is 6.92 Å². The first-order valence-corrected chi connectivity index (χ1v) is 11.2. The van der Waals surface area contributed by atoms with Gasteiger partial charge in [-0.1, -0.05) is 41.1 Å². The SMILES string of the molecule is Cc1cccc(-c2noc(CN(Cc3ccc(C(=O)NC4CC4)cc3)Cc3ccco3)n2)c1. The van der Waals surface area contributed by atoms with Crippen molar-refractivity contribution in [1.29, 1.82) is 0 Å². The predicted molar refractivity (Wildman–Crippen MR) is 123 cm³/mol. The zero-order chi connectivity index (χ0) is 22.6. The molecule has 0 aliphatic heterocycles. The molecule has 2 aromatic carbocycles. The molecule has 5 rings (SSSR count). The molecule has 2 aromatic heterocycles. The van der Waals surface area contributed by atoms with Crippen LogP contribution in [0.3, 0.4) is 0 Å². The van der Waals surface area contributed by atoms with Crippen LogP contribution in [0.1, 0.15) is 46.0 Å². The van der Waals surface area contributed by atoms with Crippen LogP contribution < -0.4 is 5.32 Å². The zero-order valence-electron chi connectivity index (χ0n) is 18.5. The Morgan fingerprint density at radius 1 is 1.06 bits per heavy atom. The van der Waals surface area contributed by atoms with Gasteiger partial charge in [-0.15, -0.1) is 0 Å². The first-order chi connectivity index (χ1) is 16.1. The summed E-state index contributed by atoms with van der Waals surface area (Å²) in [5, 5.41) is 7.19. The minimum absolute atomic E-state index is 0.00831. The summed E-state index contributed by atoms with van der Waals surface area (Å²) in [4.78, 5) is 19.0. The van der Waals surface area contributed by atoms with Crippen molar-refractivity contribution in [3.05, 3.63) is 95.3 Å². The Kier molecular flexibility index (Phi) is 6.04. The first-order valence-electron chi connectivity index (χ1n) is 11.2. The topological polar surface area (TPSA) is 84.4 Å². The Labute approximate surface area is 192 Å². The molecule has 7 heteroatoms. The lowest BCUT2D eigenvalue weighted by Crippen LogP contribution is -2.25. The van der Waals surface area contributed by atoms with Crippen molar-refractivity contribution in [2.45, 2.75) is 45.4 Å². The third-order valence-corrected chi connectivity index (χ3v) is 5.60. The average Bonchev–Trinajstić information content (AvgIpc) is 3.27. The Morgan fingerprint density at radius 3 is 2.64 bits per heavy atom. The van der Waals surface area contributed by atoms with E-state index in [2.05, 4.69) is 20.4 Å². The summed E-state index contributed by atoms with van der Waals surface area (Å²) in [6.07, 6.45) is 3.82. The van der Waals surface area contributed by atoms with Gasteiger partial charge in [-0.25, -0.2) is 0 Å². The molecule has 33 heavy (non-hydrogen) atoms. The number of hydrogen-bond donors (Lipinski definition) is 1. The monoisotopic (exact) mass is 442 g/mol. The molecule has 4 aromatic rings. The Bertz CT molecular complexity index is 1210. The van der Waals surface area contributed by atoms with Crippen molar-refractivity contribution in [3.8, 4) is 11.4 Å². The molecule has 0 bridgehead atoms. The highest BCUT2D eigenvalue weighted by Crippen LogP contribution is 2.21. The molecular formula is C26H26N4O3. The third-order valence-electron chi connectivity index (χ3n) is 5.60. The van der Waals surface area contributed by atoms with Crippen molar-refractivity contribution >= 4 is 5.91 Å². The minimum atomic E-state index is -0.00831. The molecule has 0 spiro atoms. The van der Waals surface area contributed by atoms with Crippen LogP contribution in [-0.2, 0) is 19.6 Å². The zero-order valence-corrected chi connectivity index (χ0v) is 18.5. The molecule has 1 N–H and O–H groups in total. The molecule has 0 saturated heterocycles. The summed E-state index contributed by atoms with van der Waals surface area (Å²) < 4.78 is 11.1. The van der Waals surface area contributed by atoms with Gasteiger partial charge in [0.15, 0.2) is 0 Å². The lowest BCUT2D eigenvalue weighted by atomic mass is 10.1. The number of benzene rings is 2. The molecule has 0 unspecified atom stereocenters. The van der Waals surface area contributed by atoms with Crippen molar-refractivity contribution in [1.82, 2.24) is 20.4 Å². The number of nitrogens with one attached hydrogen (secondary N) is 1. The number of aromatic nitrogens is 2. The number of amides is 1. The van der Waals surface area contributed by atoms with Crippen LogP contribution in [0.2, 0.25) is 0 Å². The maximum Gasteiger partial charge on any atom is 0.251 e. The fraction of sp³-hybridized carbons (Fsp3) is 0.269. The van der Waals surface area contributed by atoms with Gasteiger partial charge in [0, 0.05) is 23.7 Å². The summed E-state index contributed by atoms with van der Waals surface area (Å²) in [6.45, 7) is 3.76. The Morgan fingerprint density at radius 2 is 1.91 bits per heavy atom. The highest BCUT2D eigenvalue weighted by molar-refractivity contribution is 5.94. The van der Waals surface area contributed by atoms with E-state index in [9.17, 15) is 4.79 Å². The summed E-state index contributed by atoms with van der Waals surface area (Å²) in [7, 11) is 0. The number of aryl methyl sites for hydroxylation is 1. The van der Waals surface area contributed by atoms with Crippen LogP contribution in [0.4, 0.5) is 0 Å². The number of nitrogens with zero attached hydrogens (tertiary/aromatic N) is 3. The summed E-state index contributed by atoms with van der Waals surface area (Å²) in [6, 6.07) is 19.9. The van der Waals surface area contributed by atoms with E-state index in [0.29, 0.717) is 43.0 Å². The molecule has 0 radical (unpaired) electrons. The normalized spacial score (nSPS) is 13.4. The first kappa shape index (κ1) is 21.2. The molecule has 2 heterocycles. The van der Waals surface area contributed by atoms with Gasteiger partial charge in [0.25, 0.3) is 5.91 Å². The fourth-order valence-electron chi connectivity index (χ4n) is 3.72. The molecule has 1 aliphatic rings. The molecule has 1 fully saturated rings. The Balaban J connectivity index is 1.29. The second kappa shape index (κ2) is 9.42. The number of rotatable bonds is 9.